The van der Waals surface area contributed by atoms with Gasteiger partial charge in [0, 0.05) is 18.4 Å². The van der Waals surface area contributed by atoms with Gasteiger partial charge in [0.1, 0.15) is 6.04 Å². The number of nitrogens with two attached hydrogens (primary N) is 2. The van der Waals surface area contributed by atoms with Gasteiger partial charge in [0.25, 0.3) is 11.8 Å². The molecule has 4 atom stereocenters. The fraction of sp³-hybridized carbons (Fsp3) is 0.524. The summed E-state index contributed by atoms with van der Waals surface area (Å²) in [4.78, 5) is 29.6. The molecule has 1 fully saturated rings. The number of aliphatic hydroxyl groups is 2. The average molecular weight is 478 g/mol. The van der Waals surface area contributed by atoms with Crippen LogP contribution in [-0.4, -0.2) is 80.4 Å². The van der Waals surface area contributed by atoms with Gasteiger partial charge in [0.15, 0.2) is 23.8 Å². The van der Waals surface area contributed by atoms with E-state index in [-0.39, 0.29) is 48.2 Å². The van der Waals surface area contributed by atoms with E-state index in [0.29, 0.717) is 5.56 Å². The van der Waals surface area contributed by atoms with Crippen molar-refractivity contribution in [2.75, 3.05) is 6.54 Å². The lowest BCUT2D eigenvalue weighted by Crippen LogP contribution is -2.79. The smallest absolute Gasteiger partial charge is 0.346 e. The summed E-state index contributed by atoms with van der Waals surface area (Å²) in [7, 11) is 0. The van der Waals surface area contributed by atoms with Gasteiger partial charge >= 0.3 is 5.96 Å². The zero-order valence-corrected chi connectivity index (χ0v) is 18.3. The van der Waals surface area contributed by atoms with Crippen LogP contribution in [0.2, 0.25) is 0 Å². The Kier molecular flexibility index (Phi) is 4.69. The second-order valence-electron chi connectivity index (χ2n) is 9.31. The first-order valence-electron chi connectivity index (χ1n) is 10.9. The molecule has 13 heteroatoms. The Morgan fingerprint density at radius 1 is 1.29 bits per heavy atom. The molecule has 182 valence electrons. The molecule has 1 spiro atoms. The largest absolute Gasteiger partial charge is 0.370 e. The van der Waals surface area contributed by atoms with Crippen molar-refractivity contribution in [2.45, 2.75) is 61.7 Å². The highest BCUT2D eigenvalue weighted by molar-refractivity contribution is 5.96. The average Bonchev–Trinajstić information content (AvgIpc) is 3.21. The molecule has 5 rings (SSSR count). The molecule has 0 aromatic heterocycles. The molecule has 1 aromatic rings. The monoisotopic (exact) mass is 478 g/mol. The molecule has 4 aliphatic rings. The van der Waals surface area contributed by atoms with Crippen molar-refractivity contribution < 1.29 is 33.2 Å². The molecule has 3 heterocycles. The van der Waals surface area contributed by atoms with E-state index in [9.17, 15) is 28.6 Å². The molecule has 9 N–H and O–H groups in total. The SMILES string of the molecule is CC(=O)C1NC(N)=[N+]2C[C@H](NC(=O)c3cccc4c3CC(F)(F)CC4)C(O)(O)[C@@]23NC(N)=N[C@@H]13. The van der Waals surface area contributed by atoms with E-state index in [1.165, 1.54) is 17.6 Å². The highest BCUT2D eigenvalue weighted by atomic mass is 19.3. The highest BCUT2D eigenvalue weighted by Crippen LogP contribution is 2.42. The lowest BCUT2D eigenvalue weighted by atomic mass is 9.83. The molecule has 1 aliphatic carbocycles. The normalized spacial score (nSPS) is 32.5. The van der Waals surface area contributed by atoms with E-state index in [1.54, 1.807) is 12.1 Å². The van der Waals surface area contributed by atoms with E-state index >= 15 is 0 Å². The van der Waals surface area contributed by atoms with Gasteiger partial charge < -0.3 is 26.6 Å². The summed E-state index contributed by atoms with van der Waals surface area (Å²) in [6, 6.07) is 1.34. The van der Waals surface area contributed by atoms with E-state index in [1.807, 2.05) is 0 Å². The Hall–Kier alpha value is -3.32. The number of aliphatic imine (C=N–C) groups is 1. The third-order valence-corrected chi connectivity index (χ3v) is 7.23. The number of ketones is 1. The molecule has 0 saturated carbocycles. The first kappa shape index (κ1) is 22.5. The van der Waals surface area contributed by atoms with Crippen LogP contribution in [0.3, 0.4) is 0 Å². The highest BCUT2D eigenvalue weighted by Gasteiger charge is 2.75. The van der Waals surface area contributed by atoms with Crippen LogP contribution < -0.4 is 27.4 Å². The number of guanidine groups is 2. The summed E-state index contributed by atoms with van der Waals surface area (Å²) in [5, 5.41) is 30.8. The van der Waals surface area contributed by atoms with E-state index in [2.05, 4.69) is 20.9 Å². The molecular formula is C21H26F2N7O4+. The minimum Gasteiger partial charge on any atom is -0.370 e. The van der Waals surface area contributed by atoms with Gasteiger partial charge in [-0.15, -0.1) is 0 Å². The topological polar surface area (TPSA) is 178 Å². The molecule has 1 amide bonds. The van der Waals surface area contributed by atoms with Crippen LogP contribution in [0.15, 0.2) is 23.2 Å². The van der Waals surface area contributed by atoms with Crippen LogP contribution in [0.1, 0.15) is 34.8 Å². The number of halogens is 2. The lowest BCUT2D eigenvalue weighted by Gasteiger charge is -2.43. The van der Waals surface area contributed by atoms with Crippen molar-refractivity contribution in [3.8, 4) is 0 Å². The predicted octanol–water partition coefficient (Wildman–Crippen LogP) is -2.53. The Labute approximate surface area is 192 Å². The van der Waals surface area contributed by atoms with Gasteiger partial charge in [0.05, 0.1) is 6.54 Å². The van der Waals surface area contributed by atoms with E-state index < -0.39 is 47.8 Å². The number of fused-ring (bicyclic) bond motifs is 1. The van der Waals surface area contributed by atoms with Crippen molar-refractivity contribution in [1.82, 2.24) is 16.0 Å². The van der Waals surface area contributed by atoms with Crippen molar-refractivity contribution in [3.63, 3.8) is 0 Å². The fourth-order valence-corrected chi connectivity index (χ4v) is 5.58. The number of alkyl halides is 2. The number of hydrogen-bond acceptors (Lipinski definition) is 9. The molecule has 0 radical (unpaired) electrons. The molecule has 0 bridgehead atoms. The van der Waals surface area contributed by atoms with Gasteiger partial charge in [-0.05, 0) is 30.5 Å². The number of amides is 1. The standard InChI is InChI=1S/C21H25F2N7O4/c1-9(31)14-15-20(29-17(24)28-15)21(33,34)13(8-30(20)18(25)27-14)26-16(32)11-4-2-3-10-5-6-19(22,23)7-12(10)11/h2-4,13-15,33-34H,5-8H2,1H3,(H6,24,25,26,27,28,29,32)/p+1/t13-,14?,15-,20-/m0/s1. The van der Waals surface area contributed by atoms with Gasteiger partial charge in [-0.25, -0.2) is 18.3 Å². The van der Waals surface area contributed by atoms with Gasteiger partial charge in [-0.3, -0.25) is 20.6 Å². The third kappa shape index (κ3) is 2.99. The minimum atomic E-state index is -2.93. The number of carbonyl (C=O) groups is 2. The van der Waals surface area contributed by atoms with Crippen molar-refractivity contribution >= 4 is 23.6 Å². The molecule has 1 unspecified atom stereocenters. The minimum absolute atomic E-state index is 0.0326. The number of rotatable bonds is 3. The lowest BCUT2D eigenvalue weighted by molar-refractivity contribution is -0.622. The van der Waals surface area contributed by atoms with Crippen molar-refractivity contribution in [2.24, 2.45) is 16.5 Å². The maximum Gasteiger partial charge on any atom is 0.346 e. The predicted molar refractivity (Wildman–Crippen MR) is 115 cm³/mol. The maximum absolute atomic E-state index is 14.1. The summed E-state index contributed by atoms with van der Waals surface area (Å²) < 4.78 is 29.5. The zero-order valence-electron chi connectivity index (χ0n) is 18.3. The molecule has 1 saturated heterocycles. The van der Waals surface area contributed by atoms with E-state index in [4.69, 9.17) is 11.5 Å². The summed E-state index contributed by atoms with van der Waals surface area (Å²) in [5.74, 6) is -6.88. The number of aryl methyl sites for hydroxylation is 1. The summed E-state index contributed by atoms with van der Waals surface area (Å²) in [6.45, 7) is 1.12. The molecule has 34 heavy (non-hydrogen) atoms. The number of nitrogens with zero attached hydrogens (tertiary/aromatic N) is 2. The Morgan fingerprint density at radius 3 is 2.74 bits per heavy atom. The van der Waals surface area contributed by atoms with Gasteiger partial charge in [-0.2, -0.15) is 0 Å². The summed E-state index contributed by atoms with van der Waals surface area (Å²) >= 11 is 0. The number of Topliss-reactive ketones (excluding diaryl/α,β-unsaturated/α-hetero) is 1. The number of hydrogen-bond donors (Lipinski definition) is 7. The van der Waals surface area contributed by atoms with E-state index in [0.717, 1.165) is 0 Å². The Bertz CT molecular complexity index is 1170. The van der Waals surface area contributed by atoms with Crippen LogP contribution in [0.4, 0.5) is 8.78 Å². The van der Waals surface area contributed by atoms with Crippen molar-refractivity contribution in [3.05, 3.63) is 34.9 Å². The number of carbonyl (C=O) groups excluding carboxylic acids is 2. The molecular weight excluding hydrogens is 452 g/mol. The first-order chi connectivity index (χ1) is 15.9. The fourth-order valence-electron chi connectivity index (χ4n) is 5.58. The van der Waals surface area contributed by atoms with Crippen LogP contribution in [-0.2, 0) is 17.6 Å². The second-order valence-corrected chi connectivity index (χ2v) is 9.31. The summed E-state index contributed by atoms with van der Waals surface area (Å²) in [5.41, 5.74) is 11.1. The second kappa shape index (κ2) is 7.09. The van der Waals surface area contributed by atoms with Crippen molar-refractivity contribution in [1.29, 1.82) is 0 Å². The Balaban J connectivity index is 1.50. The third-order valence-electron chi connectivity index (χ3n) is 7.23. The number of nitrogens with one attached hydrogen (secondary N) is 3. The maximum atomic E-state index is 14.1. The molecule has 1 aromatic carbocycles. The number of benzene rings is 1. The molecule has 3 aliphatic heterocycles. The summed E-state index contributed by atoms with van der Waals surface area (Å²) in [6.07, 6.45) is -0.732. The van der Waals surface area contributed by atoms with Gasteiger partial charge in [0.2, 0.25) is 11.4 Å². The molecule has 11 nitrogen and oxygen atoms in total. The quantitative estimate of drug-likeness (QED) is 0.184. The van der Waals surface area contributed by atoms with Crippen LogP contribution >= 0.6 is 0 Å². The zero-order chi connectivity index (χ0) is 24.6. The van der Waals surface area contributed by atoms with Crippen LogP contribution in [0.5, 0.6) is 0 Å². The van der Waals surface area contributed by atoms with Crippen LogP contribution in [0, 0.1) is 0 Å². The Morgan fingerprint density at radius 2 is 2.03 bits per heavy atom. The first-order valence-corrected chi connectivity index (χ1v) is 10.9. The van der Waals surface area contributed by atoms with Crippen LogP contribution in [0.25, 0.3) is 0 Å². The van der Waals surface area contributed by atoms with Gasteiger partial charge in [-0.1, -0.05) is 12.1 Å².